The van der Waals surface area contributed by atoms with Gasteiger partial charge >= 0.3 is 11.9 Å². The van der Waals surface area contributed by atoms with Gasteiger partial charge in [-0.2, -0.15) is 0 Å². The number of carbonyl (C=O) groups excluding carboxylic acids is 2. The fourth-order valence-electron chi connectivity index (χ4n) is 1.08. The number of carbonyl (C=O) groups is 2. The third kappa shape index (κ3) is 31.0. The molecule has 0 rings (SSSR count). The summed E-state index contributed by atoms with van der Waals surface area (Å²) >= 11 is 0. The predicted octanol–water partition coefficient (Wildman–Crippen LogP) is 2.26. The van der Waals surface area contributed by atoms with Gasteiger partial charge in [-0.05, 0) is 12.8 Å². The van der Waals surface area contributed by atoms with Crippen molar-refractivity contribution >= 4 is 41.5 Å². The summed E-state index contributed by atoms with van der Waals surface area (Å²) in [7, 11) is 1.04. The van der Waals surface area contributed by atoms with E-state index < -0.39 is 18.9 Å². The molecule has 0 aromatic heterocycles. The Morgan fingerprint density at radius 1 is 0.923 bits per heavy atom. The standard InChI is InChI=1S/C7H14O4S.C6H12O2.CH3ClO2S.CH4/c1-6(7(8)11-2)4-5-12(3,9)10;1-4-5(2)6(7)8-3;1-5(2,3)4;/h6H,4-5H2,1-3H3;5H,4H2,1-3H3;1H3;1H4. The summed E-state index contributed by atoms with van der Waals surface area (Å²) in [5.74, 6) is -0.737. The summed E-state index contributed by atoms with van der Waals surface area (Å²) in [6.07, 6.45) is 3.25. The van der Waals surface area contributed by atoms with Gasteiger partial charge in [-0.1, -0.05) is 28.2 Å². The van der Waals surface area contributed by atoms with Crippen LogP contribution in [-0.2, 0) is 38.0 Å². The number of ether oxygens (including phenoxy) is 2. The molecule has 0 aliphatic carbocycles. The summed E-state index contributed by atoms with van der Waals surface area (Å²) in [5, 5.41) is 0. The van der Waals surface area contributed by atoms with E-state index in [2.05, 4.69) is 20.2 Å². The summed E-state index contributed by atoms with van der Waals surface area (Å²) in [6.45, 7) is 5.46. The third-order valence-electron chi connectivity index (χ3n) is 2.74. The highest BCUT2D eigenvalue weighted by Crippen LogP contribution is 2.05. The van der Waals surface area contributed by atoms with Gasteiger partial charge in [-0.15, -0.1) is 0 Å². The maximum Gasteiger partial charge on any atom is 0.308 e. The van der Waals surface area contributed by atoms with Crippen LogP contribution in [0.4, 0.5) is 0 Å². The molecule has 0 N–H and O–H groups in total. The first-order valence-electron chi connectivity index (χ1n) is 7.31. The van der Waals surface area contributed by atoms with Crippen molar-refractivity contribution in [3.63, 3.8) is 0 Å². The van der Waals surface area contributed by atoms with Crippen LogP contribution in [0.2, 0.25) is 0 Å². The Morgan fingerprint density at radius 3 is 1.42 bits per heavy atom. The lowest BCUT2D eigenvalue weighted by atomic mass is 10.1. The van der Waals surface area contributed by atoms with Crippen LogP contribution < -0.4 is 0 Å². The molecule has 0 aromatic rings. The lowest BCUT2D eigenvalue weighted by molar-refractivity contribution is -0.145. The molecule has 0 amide bonds. The van der Waals surface area contributed by atoms with Crippen molar-refractivity contribution in [2.75, 3.05) is 32.5 Å². The summed E-state index contributed by atoms with van der Waals surface area (Å²) in [4.78, 5) is 21.3. The minimum atomic E-state index is -3.19. The van der Waals surface area contributed by atoms with Gasteiger partial charge in [0.15, 0.2) is 0 Å². The lowest BCUT2D eigenvalue weighted by Gasteiger charge is -2.06. The van der Waals surface area contributed by atoms with Crippen LogP contribution in [0, 0.1) is 11.8 Å². The van der Waals surface area contributed by atoms with Crippen molar-refractivity contribution in [2.24, 2.45) is 11.8 Å². The van der Waals surface area contributed by atoms with E-state index in [1.807, 2.05) is 13.8 Å². The number of hydrogen-bond acceptors (Lipinski definition) is 8. The lowest BCUT2D eigenvalue weighted by Crippen LogP contribution is -2.16. The highest BCUT2D eigenvalue weighted by molar-refractivity contribution is 8.13. The van der Waals surface area contributed by atoms with Crippen molar-refractivity contribution in [1.29, 1.82) is 0 Å². The predicted molar refractivity (Wildman–Crippen MR) is 104 cm³/mol. The van der Waals surface area contributed by atoms with Crippen LogP contribution in [-0.4, -0.2) is 61.3 Å². The first-order chi connectivity index (χ1) is 11.1. The van der Waals surface area contributed by atoms with Gasteiger partial charge in [0, 0.05) is 16.9 Å². The van der Waals surface area contributed by atoms with Gasteiger partial charge in [0.2, 0.25) is 9.05 Å². The molecule has 160 valence electrons. The van der Waals surface area contributed by atoms with Gasteiger partial charge in [0.05, 0.1) is 38.1 Å². The minimum absolute atomic E-state index is 0. The van der Waals surface area contributed by atoms with Crippen LogP contribution in [0.15, 0.2) is 0 Å². The van der Waals surface area contributed by atoms with Crippen LogP contribution >= 0.6 is 10.7 Å². The smallest absolute Gasteiger partial charge is 0.308 e. The molecular formula is C15H33ClO8S2. The number of sulfone groups is 1. The van der Waals surface area contributed by atoms with Crippen molar-refractivity contribution in [2.45, 2.75) is 41.0 Å². The Labute approximate surface area is 162 Å². The van der Waals surface area contributed by atoms with E-state index >= 15 is 0 Å². The Morgan fingerprint density at radius 2 is 1.23 bits per heavy atom. The Hall–Kier alpha value is -0.870. The normalized spacial score (nSPS) is 12.6. The highest BCUT2D eigenvalue weighted by Gasteiger charge is 2.15. The molecule has 0 bridgehead atoms. The average Bonchev–Trinajstić information content (AvgIpc) is 2.48. The number of rotatable bonds is 6. The van der Waals surface area contributed by atoms with Crippen LogP contribution in [0.25, 0.3) is 0 Å². The van der Waals surface area contributed by atoms with E-state index in [0.29, 0.717) is 6.42 Å². The molecule has 26 heavy (non-hydrogen) atoms. The molecule has 0 saturated carbocycles. The number of halogens is 1. The maximum atomic E-state index is 10.8. The molecule has 0 spiro atoms. The largest absolute Gasteiger partial charge is 0.469 e. The molecule has 0 aliphatic heterocycles. The van der Waals surface area contributed by atoms with E-state index in [9.17, 15) is 26.4 Å². The van der Waals surface area contributed by atoms with Crippen LogP contribution in [0.1, 0.15) is 41.0 Å². The Balaban J connectivity index is -0.000000150. The van der Waals surface area contributed by atoms with Crippen molar-refractivity contribution in [3.05, 3.63) is 0 Å². The number of methoxy groups -OCH3 is 2. The van der Waals surface area contributed by atoms with Crippen molar-refractivity contribution in [1.82, 2.24) is 0 Å². The summed E-state index contributed by atoms with van der Waals surface area (Å²) in [5.41, 5.74) is 0. The van der Waals surface area contributed by atoms with Crippen LogP contribution in [0.3, 0.4) is 0 Å². The van der Waals surface area contributed by atoms with Crippen molar-refractivity contribution < 1.29 is 35.9 Å². The second kappa shape index (κ2) is 16.3. The molecule has 0 aliphatic rings. The van der Waals surface area contributed by atoms with Crippen LogP contribution in [0.5, 0.6) is 0 Å². The monoisotopic (exact) mass is 440 g/mol. The second-order valence-electron chi connectivity index (χ2n) is 5.36. The minimum Gasteiger partial charge on any atom is -0.469 e. The zero-order valence-corrected chi connectivity index (χ0v) is 18.1. The van der Waals surface area contributed by atoms with Gasteiger partial charge in [0.1, 0.15) is 9.84 Å². The average molecular weight is 441 g/mol. The second-order valence-corrected chi connectivity index (χ2v) is 10.7. The first kappa shape index (κ1) is 32.8. The topological polar surface area (TPSA) is 121 Å². The SMILES string of the molecule is C.CCC(C)C(=O)OC.COC(=O)C(C)CCS(C)(=O)=O.CS(=O)(=O)Cl. The molecule has 0 saturated heterocycles. The molecule has 2 atom stereocenters. The molecule has 0 radical (unpaired) electrons. The molecule has 8 nitrogen and oxygen atoms in total. The highest BCUT2D eigenvalue weighted by atomic mass is 35.7. The van der Waals surface area contributed by atoms with E-state index in [0.717, 1.165) is 18.9 Å². The fraction of sp³-hybridized carbons (Fsp3) is 0.867. The molecular weight excluding hydrogens is 408 g/mol. The molecule has 0 heterocycles. The molecule has 11 heteroatoms. The Kier molecular flexibility index (Phi) is 20.6. The zero-order chi connectivity index (χ0) is 20.8. The van der Waals surface area contributed by atoms with Crippen molar-refractivity contribution in [3.8, 4) is 0 Å². The molecule has 0 aromatic carbocycles. The summed E-state index contributed by atoms with van der Waals surface area (Å²) < 4.78 is 49.1. The third-order valence-corrected chi connectivity index (χ3v) is 3.72. The van der Waals surface area contributed by atoms with Gasteiger partial charge in [-0.25, -0.2) is 16.8 Å². The van der Waals surface area contributed by atoms with Gasteiger partial charge in [-0.3, -0.25) is 9.59 Å². The maximum absolute atomic E-state index is 10.8. The quantitative estimate of drug-likeness (QED) is 0.455. The first-order valence-corrected chi connectivity index (χ1v) is 12.1. The fourth-order valence-corrected chi connectivity index (χ4v) is 1.86. The van der Waals surface area contributed by atoms with E-state index in [1.165, 1.54) is 14.2 Å². The molecule has 2 unspecified atom stereocenters. The zero-order valence-electron chi connectivity index (χ0n) is 15.7. The number of hydrogen-bond donors (Lipinski definition) is 0. The van der Waals surface area contributed by atoms with Gasteiger partial charge in [0.25, 0.3) is 0 Å². The van der Waals surface area contributed by atoms with Gasteiger partial charge < -0.3 is 9.47 Å². The number of esters is 2. The molecule has 0 fully saturated rings. The van der Waals surface area contributed by atoms with E-state index in [-0.39, 0.29) is 37.0 Å². The van der Waals surface area contributed by atoms with E-state index in [1.54, 1.807) is 6.92 Å². The summed E-state index contributed by atoms with van der Waals surface area (Å²) in [6, 6.07) is 0. The Bertz CT molecular complexity index is 577. The van der Waals surface area contributed by atoms with E-state index in [4.69, 9.17) is 0 Å².